The number of nitrogens with one attached hydrogen (secondary N) is 2. The van der Waals surface area contributed by atoms with Gasteiger partial charge in [0.2, 0.25) is 12.7 Å². The topological polar surface area (TPSA) is 114 Å². The zero-order chi connectivity index (χ0) is 22.9. The largest absolute Gasteiger partial charge is 0.481 e. The Hall–Kier alpha value is -1.29. The monoisotopic (exact) mass is 548 g/mol. The van der Waals surface area contributed by atoms with Gasteiger partial charge in [-0.3, -0.25) is 25.2 Å². The molecule has 1 heterocycles. The molecule has 31 heavy (non-hydrogen) atoms. The number of hydrogen-bond donors (Lipinski definition) is 3. The quantitative estimate of drug-likeness (QED) is 0.393. The molecule has 1 aliphatic heterocycles. The van der Waals surface area contributed by atoms with Crippen molar-refractivity contribution in [1.82, 2.24) is 10.9 Å². The Morgan fingerprint density at radius 2 is 1.52 bits per heavy atom. The lowest BCUT2D eigenvalue weighted by Crippen LogP contribution is -2.53. The second-order valence-corrected chi connectivity index (χ2v) is 10.2. The fourth-order valence-corrected chi connectivity index (χ4v) is 6.87. The molecule has 0 radical (unpaired) electrons. The molecule has 0 aromatic heterocycles. The number of hydrazine groups is 1. The molecular formula is C17H10Cl6N2O6. The second-order valence-electron chi connectivity index (χ2n) is 6.93. The van der Waals surface area contributed by atoms with Crippen LogP contribution in [0.2, 0.25) is 0 Å². The van der Waals surface area contributed by atoms with E-state index in [1.54, 1.807) is 0 Å². The van der Waals surface area contributed by atoms with Gasteiger partial charge < -0.3 is 14.6 Å². The minimum absolute atomic E-state index is 0.0167. The van der Waals surface area contributed by atoms with Crippen LogP contribution in [0.25, 0.3) is 0 Å². The van der Waals surface area contributed by atoms with Gasteiger partial charge in [-0.25, -0.2) is 0 Å². The first kappa shape index (κ1) is 22.9. The van der Waals surface area contributed by atoms with Crippen molar-refractivity contribution in [2.45, 2.75) is 14.1 Å². The Morgan fingerprint density at radius 1 is 0.935 bits per heavy atom. The van der Waals surface area contributed by atoms with Crippen LogP contribution in [0.15, 0.2) is 28.3 Å². The lowest BCUT2D eigenvalue weighted by atomic mass is 9.81. The van der Waals surface area contributed by atoms with Crippen molar-refractivity contribution in [2.24, 2.45) is 11.8 Å². The molecule has 3 aliphatic rings. The van der Waals surface area contributed by atoms with Crippen LogP contribution in [-0.2, 0) is 9.59 Å². The van der Waals surface area contributed by atoms with Crippen LogP contribution in [0.3, 0.4) is 0 Å². The molecule has 2 aliphatic carbocycles. The molecule has 3 N–H and O–H groups in total. The van der Waals surface area contributed by atoms with Crippen molar-refractivity contribution in [3.8, 4) is 11.5 Å². The minimum atomic E-state index is -2.25. The van der Waals surface area contributed by atoms with Gasteiger partial charge in [0.1, 0.15) is 9.75 Å². The molecule has 1 fully saturated rings. The van der Waals surface area contributed by atoms with Crippen molar-refractivity contribution in [2.75, 3.05) is 6.79 Å². The highest BCUT2D eigenvalue weighted by Crippen LogP contribution is 2.76. The summed E-state index contributed by atoms with van der Waals surface area (Å²) in [5.41, 5.74) is 4.41. The summed E-state index contributed by atoms with van der Waals surface area (Å²) in [6, 6.07) is 4.35. The number of aliphatic carboxylic acids is 1. The van der Waals surface area contributed by atoms with Crippen molar-refractivity contribution in [3.63, 3.8) is 0 Å². The average Bonchev–Trinajstić information content (AvgIpc) is 3.27. The average molecular weight is 551 g/mol. The lowest BCUT2D eigenvalue weighted by Gasteiger charge is -2.33. The maximum absolute atomic E-state index is 12.9. The molecule has 2 bridgehead atoms. The third kappa shape index (κ3) is 2.85. The van der Waals surface area contributed by atoms with Gasteiger partial charge in [0.15, 0.2) is 15.8 Å². The van der Waals surface area contributed by atoms with E-state index in [1.807, 2.05) is 0 Å². The van der Waals surface area contributed by atoms with E-state index >= 15 is 0 Å². The number of ether oxygens (including phenoxy) is 2. The summed E-state index contributed by atoms with van der Waals surface area (Å²) in [4.78, 5) is 33.0. The third-order valence-corrected chi connectivity index (χ3v) is 9.68. The maximum atomic E-state index is 12.9. The van der Waals surface area contributed by atoms with E-state index in [9.17, 15) is 19.5 Å². The number of fused-ring (bicyclic) bond motifs is 3. The first-order valence-corrected chi connectivity index (χ1v) is 10.7. The number of halogens is 6. The van der Waals surface area contributed by atoms with Gasteiger partial charge in [0, 0.05) is 5.56 Å². The van der Waals surface area contributed by atoms with Crippen LogP contribution < -0.4 is 20.3 Å². The maximum Gasteiger partial charge on any atom is 0.309 e. The first-order chi connectivity index (χ1) is 14.4. The molecular weight excluding hydrogens is 541 g/mol. The number of carbonyl (C=O) groups excluding carboxylic acids is 2. The zero-order valence-electron chi connectivity index (χ0n) is 14.9. The van der Waals surface area contributed by atoms with Crippen LogP contribution >= 0.6 is 69.6 Å². The molecule has 4 rings (SSSR count). The summed E-state index contributed by atoms with van der Waals surface area (Å²) < 4.78 is 8.11. The molecule has 166 valence electrons. The fraction of sp³-hybridized carbons (Fsp3) is 0.353. The van der Waals surface area contributed by atoms with Crippen molar-refractivity contribution >= 4 is 87.4 Å². The van der Waals surface area contributed by atoms with Gasteiger partial charge in [-0.05, 0) is 18.2 Å². The van der Waals surface area contributed by atoms with Crippen LogP contribution in [-0.4, -0.2) is 43.8 Å². The van der Waals surface area contributed by atoms with Gasteiger partial charge >= 0.3 is 5.97 Å². The normalized spacial score (nSPS) is 32.2. The summed E-state index contributed by atoms with van der Waals surface area (Å²) in [7, 11) is 0. The van der Waals surface area contributed by atoms with Crippen LogP contribution in [0.1, 0.15) is 10.4 Å². The van der Waals surface area contributed by atoms with Gasteiger partial charge in [0.25, 0.3) is 5.91 Å². The van der Waals surface area contributed by atoms with Gasteiger partial charge in [0.05, 0.1) is 21.9 Å². The zero-order valence-corrected chi connectivity index (χ0v) is 19.4. The van der Waals surface area contributed by atoms with E-state index in [0.717, 1.165) is 0 Å². The predicted octanol–water partition coefficient (Wildman–Crippen LogP) is 3.34. The van der Waals surface area contributed by atoms with Crippen molar-refractivity contribution in [3.05, 3.63) is 33.8 Å². The number of carboxylic acids is 1. The van der Waals surface area contributed by atoms with Crippen LogP contribution in [0.4, 0.5) is 0 Å². The number of carbonyl (C=O) groups is 3. The van der Waals surface area contributed by atoms with Gasteiger partial charge in [-0.1, -0.05) is 46.4 Å². The fourth-order valence-electron chi connectivity index (χ4n) is 3.93. The van der Waals surface area contributed by atoms with Gasteiger partial charge in [-0.15, -0.1) is 23.2 Å². The highest BCUT2D eigenvalue weighted by atomic mass is 35.5. The number of allylic oxidation sites excluding steroid dienone is 2. The summed E-state index contributed by atoms with van der Waals surface area (Å²) in [6.45, 7) is 0.0167. The second kappa shape index (κ2) is 7.37. The molecule has 0 unspecified atom stereocenters. The number of alkyl halides is 4. The van der Waals surface area contributed by atoms with Crippen molar-refractivity contribution < 1.29 is 29.0 Å². The number of rotatable bonds is 3. The molecule has 1 saturated carbocycles. The summed E-state index contributed by atoms with van der Waals surface area (Å²) in [6.07, 6.45) is 0. The van der Waals surface area contributed by atoms with E-state index < -0.39 is 43.7 Å². The molecule has 14 heteroatoms. The number of carboxylic acid groups (broad SMARTS) is 1. The summed E-state index contributed by atoms with van der Waals surface area (Å²) >= 11 is 37.9. The highest BCUT2D eigenvalue weighted by Gasteiger charge is 2.85. The molecule has 0 saturated heterocycles. The Kier molecular flexibility index (Phi) is 5.44. The number of hydrogen-bond acceptors (Lipinski definition) is 5. The molecule has 4 atom stereocenters. The lowest BCUT2D eigenvalue weighted by molar-refractivity contribution is -0.147. The Balaban J connectivity index is 1.59. The smallest absolute Gasteiger partial charge is 0.309 e. The van der Waals surface area contributed by atoms with Gasteiger partial charge in [-0.2, -0.15) is 0 Å². The Labute approximate surface area is 204 Å². The molecule has 1 aromatic carbocycles. The van der Waals surface area contributed by atoms with E-state index in [0.29, 0.717) is 11.5 Å². The summed E-state index contributed by atoms with van der Waals surface area (Å²) in [5, 5.41) is 9.02. The van der Waals surface area contributed by atoms with Crippen LogP contribution in [0.5, 0.6) is 11.5 Å². The van der Waals surface area contributed by atoms with E-state index in [1.165, 1.54) is 18.2 Å². The molecule has 1 aromatic rings. The Bertz CT molecular complexity index is 1060. The standard InChI is InChI=1S/C17H10Cl6N2O6/c18-10-11(19)16(21)9(14(28)29)8(15(10,20)17(16,22)23)13(27)25-24-12(26)5-1-2-6-7(3-5)31-4-30-6/h1-3,8-9H,4H2,(H,24,26)(H,25,27)(H,28,29)/t8-,9+,15+,16+/m1/s1. The predicted molar refractivity (Wildman–Crippen MR) is 113 cm³/mol. The number of benzene rings is 1. The molecule has 2 amide bonds. The highest BCUT2D eigenvalue weighted by molar-refractivity contribution is 6.66. The third-order valence-electron chi connectivity index (χ3n) is 5.42. The molecule has 0 spiro atoms. The SMILES string of the molecule is O=C(NNC(=O)[C@H]1[C@@H](C(=O)O)[C@]2(Cl)C(Cl)=C(Cl)[C@]1(Cl)C2(Cl)Cl)c1ccc2c(c1)OCO2. The summed E-state index contributed by atoms with van der Waals surface area (Å²) in [5.74, 6) is -5.91. The first-order valence-electron chi connectivity index (χ1n) is 8.43. The van der Waals surface area contributed by atoms with Crippen molar-refractivity contribution in [1.29, 1.82) is 0 Å². The van der Waals surface area contributed by atoms with E-state index in [-0.39, 0.29) is 22.4 Å². The molecule has 8 nitrogen and oxygen atoms in total. The number of amides is 2. The minimum Gasteiger partial charge on any atom is -0.481 e. The Morgan fingerprint density at radius 3 is 2.13 bits per heavy atom. The van der Waals surface area contributed by atoms with E-state index in [4.69, 9.17) is 79.1 Å². The van der Waals surface area contributed by atoms with E-state index in [2.05, 4.69) is 10.9 Å². The van der Waals surface area contributed by atoms with Crippen LogP contribution in [0, 0.1) is 11.8 Å².